The Kier molecular flexibility index (Phi) is 5.28. The molecule has 0 bridgehead atoms. The Bertz CT molecular complexity index is 733. The number of thiazole rings is 1. The lowest BCUT2D eigenvalue weighted by Crippen LogP contribution is -2.31. The fourth-order valence-corrected chi connectivity index (χ4v) is 2.48. The lowest BCUT2D eigenvalue weighted by atomic mass is 10.2. The molecule has 0 saturated carbocycles. The summed E-state index contributed by atoms with van der Waals surface area (Å²) in [6.07, 6.45) is 0. The molecule has 2 amide bonds. The number of urea groups is 1. The van der Waals surface area contributed by atoms with Gasteiger partial charge in [-0.25, -0.2) is 19.0 Å². The van der Waals surface area contributed by atoms with Crippen LogP contribution >= 0.6 is 11.3 Å². The maximum absolute atomic E-state index is 13.8. The summed E-state index contributed by atoms with van der Waals surface area (Å²) in [6.45, 7) is 2.18. The molecule has 0 fully saturated rings. The highest BCUT2D eigenvalue weighted by molar-refractivity contribution is 7.09. The Morgan fingerprint density at radius 3 is 2.78 bits per heavy atom. The molecule has 8 heteroatoms. The summed E-state index contributed by atoms with van der Waals surface area (Å²) in [5.74, 6) is -1.24. The molecule has 0 radical (unpaired) electrons. The van der Waals surface area contributed by atoms with Crippen LogP contribution in [0.3, 0.4) is 0 Å². The number of methoxy groups -OCH3 is 1. The molecule has 2 aromatic rings. The Labute approximate surface area is 136 Å². The lowest BCUT2D eigenvalue weighted by Gasteiger charge is -2.17. The van der Waals surface area contributed by atoms with Crippen molar-refractivity contribution < 1.29 is 18.7 Å². The van der Waals surface area contributed by atoms with Crippen LogP contribution in [0, 0.1) is 12.7 Å². The number of hydrogen-bond acceptors (Lipinski definition) is 5. The molecule has 6 nitrogen and oxygen atoms in total. The van der Waals surface area contributed by atoms with Crippen LogP contribution in [0.1, 0.15) is 21.1 Å². The van der Waals surface area contributed by atoms with E-state index in [9.17, 15) is 14.0 Å². The van der Waals surface area contributed by atoms with Crippen molar-refractivity contribution in [2.45, 2.75) is 13.5 Å². The van der Waals surface area contributed by atoms with Crippen molar-refractivity contribution in [1.82, 2.24) is 9.88 Å². The average molecular weight is 337 g/mol. The molecule has 23 heavy (non-hydrogen) atoms. The summed E-state index contributed by atoms with van der Waals surface area (Å²) in [6, 6.07) is 3.13. The number of benzene rings is 1. The van der Waals surface area contributed by atoms with Crippen LogP contribution in [0.2, 0.25) is 0 Å². The molecular formula is C15H16FN3O3S. The molecule has 0 spiro atoms. The third kappa shape index (κ3) is 4.26. The second-order valence-electron chi connectivity index (χ2n) is 4.83. The number of ether oxygens (including phenoxy) is 1. The maximum atomic E-state index is 13.8. The van der Waals surface area contributed by atoms with Crippen molar-refractivity contribution in [2.75, 3.05) is 19.5 Å². The number of amides is 2. The van der Waals surface area contributed by atoms with E-state index >= 15 is 0 Å². The van der Waals surface area contributed by atoms with Gasteiger partial charge in [-0.2, -0.15) is 0 Å². The van der Waals surface area contributed by atoms with E-state index in [1.807, 2.05) is 12.3 Å². The molecule has 1 N–H and O–H groups in total. The predicted molar refractivity (Wildman–Crippen MR) is 85.1 cm³/mol. The number of carbonyl (C=O) groups excluding carboxylic acids is 2. The lowest BCUT2D eigenvalue weighted by molar-refractivity contribution is 0.0600. The highest BCUT2D eigenvalue weighted by Crippen LogP contribution is 2.18. The van der Waals surface area contributed by atoms with E-state index in [0.29, 0.717) is 6.54 Å². The molecule has 0 aliphatic heterocycles. The number of halogens is 1. The van der Waals surface area contributed by atoms with Crippen molar-refractivity contribution in [3.8, 4) is 0 Å². The summed E-state index contributed by atoms with van der Waals surface area (Å²) in [5, 5.41) is 5.20. The van der Waals surface area contributed by atoms with E-state index in [2.05, 4.69) is 15.0 Å². The molecule has 2 rings (SSSR count). The van der Waals surface area contributed by atoms with Gasteiger partial charge in [0.1, 0.15) is 5.82 Å². The Morgan fingerprint density at radius 2 is 2.17 bits per heavy atom. The van der Waals surface area contributed by atoms with Crippen LogP contribution in [-0.2, 0) is 11.3 Å². The van der Waals surface area contributed by atoms with Gasteiger partial charge in [-0.1, -0.05) is 0 Å². The van der Waals surface area contributed by atoms with Gasteiger partial charge >= 0.3 is 12.0 Å². The quantitative estimate of drug-likeness (QED) is 0.871. The number of aryl methyl sites for hydroxylation is 1. The molecular weight excluding hydrogens is 321 g/mol. The number of carbonyl (C=O) groups is 2. The molecule has 0 aliphatic rings. The normalized spacial score (nSPS) is 10.3. The smallest absolute Gasteiger partial charge is 0.337 e. The van der Waals surface area contributed by atoms with Gasteiger partial charge in [0.15, 0.2) is 0 Å². The number of nitrogens with zero attached hydrogens (tertiary/aromatic N) is 2. The zero-order valence-electron chi connectivity index (χ0n) is 12.9. The third-order valence-electron chi connectivity index (χ3n) is 3.04. The Morgan fingerprint density at radius 1 is 1.43 bits per heavy atom. The highest BCUT2D eigenvalue weighted by atomic mass is 32.1. The van der Waals surface area contributed by atoms with Gasteiger partial charge in [0.2, 0.25) is 0 Å². The molecule has 1 aromatic heterocycles. The number of aromatic nitrogens is 1. The number of nitrogens with one attached hydrogen (secondary N) is 1. The first-order chi connectivity index (χ1) is 10.9. The molecule has 1 heterocycles. The summed E-state index contributed by atoms with van der Waals surface area (Å²) in [7, 11) is 2.81. The standard InChI is InChI=1S/C15H16FN3O3S/c1-9-17-11(8-23-9)7-19(2)15(21)18-13-6-10(14(20)22-3)4-5-12(13)16/h4-6,8H,7H2,1-3H3,(H,18,21). The van der Waals surface area contributed by atoms with Gasteiger partial charge < -0.3 is 15.0 Å². The SMILES string of the molecule is COC(=O)c1ccc(F)c(NC(=O)N(C)Cc2csc(C)n2)c1. The van der Waals surface area contributed by atoms with Gasteiger partial charge in [-0.3, -0.25) is 0 Å². The second kappa shape index (κ2) is 7.19. The van der Waals surface area contributed by atoms with Crippen LogP contribution in [0.15, 0.2) is 23.6 Å². The van der Waals surface area contributed by atoms with E-state index in [1.165, 1.54) is 35.5 Å². The number of anilines is 1. The fourth-order valence-electron chi connectivity index (χ4n) is 1.87. The highest BCUT2D eigenvalue weighted by Gasteiger charge is 2.15. The third-order valence-corrected chi connectivity index (χ3v) is 3.86. The monoisotopic (exact) mass is 337 g/mol. The minimum absolute atomic E-state index is 0.0841. The predicted octanol–water partition coefficient (Wildman–Crippen LogP) is 3.04. The number of rotatable bonds is 4. The minimum atomic E-state index is -0.635. The van der Waals surface area contributed by atoms with Gasteiger partial charge in [0.05, 0.1) is 35.6 Å². The Balaban J connectivity index is 2.08. The summed E-state index contributed by atoms with van der Waals surface area (Å²) in [5.41, 5.74) is 0.829. The van der Waals surface area contributed by atoms with Gasteiger partial charge in [-0.15, -0.1) is 11.3 Å². The van der Waals surface area contributed by atoms with Crippen LogP contribution in [0.5, 0.6) is 0 Å². The van der Waals surface area contributed by atoms with E-state index in [0.717, 1.165) is 16.8 Å². The van der Waals surface area contributed by atoms with Crippen LogP contribution in [0.25, 0.3) is 0 Å². The van der Waals surface area contributed by atoms with Crippen molar-refractivity contribution in [3.05, 3.63) is 45.7 Å². The van der Waals surface area contributed by atoms with E-state index in [4.69, 9.17) is 0 Å². The molecule has 122 valence electrons. The summed E-state index contributed by atoms with van der Waals surface area (Å²) >= 11 is 1.49. The van der Waals surface area contributed by atoms with Gasteiger partial charge in [0.25, 0.3) is 0 Å². The number of hydrogen-bond donors (Lipinski definition) is 1. The van der Waals surface area contributed by atoms with Crippen LogP contribution in [-0.4, -0.2) is 36.0 Å². The first kappa shape index (κ1) is 16.9. The molecule has 0 atom stereocenters. The van der Waals surface area contributed by atoms with Gasteiger partial charge in [-0.05, 0) is 25.1 Å². The molecule has 0 saturated heterocycles. The largest absolute Gasteiger partial charge is 0.465 e. The van der Waals surface area contributed by atoms with Crippen molar-refractivity contribution >= 4 is 29.0 Å². The fraction of sp³-hybridized carbons (Fsp3) is 0.267. The summed E-state index contributed by atoms with van der Waals surface area (Å²) < 4.78 is 18.4. The minimum Gasteiger partial charge on any atom is -0.465 e. The average Bonchev–Trinajstić information content (AvgIpc) is 2.93. The zero-order valence-corrected chi connectivity index (χ0v) is 13.7. The van der Waals surface area contributed by atoms with Crippen LogP contribution in [0.4, 0.5) is 14.9 Å². The van der Waals surface area contributed by atoms with Crippen molar-refractivity contribution in [3.63, 3.8) is 0 Å². The van der Waals surface area contributed by atoms with E-state index < -0.39 is 17.8 Å². The van der Waals surface area contributed by atoms with Gasteiger partial charge in [0, 0.05) is 12.4 Å². The summed E-state index contributed by atoms with van der Waals surface area (Å²) in [4.78, 5) is 29.2. The van der Waals surface area contributed by atoms with E-state index in [1.54, 1.807) is 7.05 Å². The maximum Gasteiger partial charge on any atom is 0.337 e. The second-order valence-corrected chi connectivity index (χ2v) is 5.89. The first-order valence-electron chi connectivity index (χ1n) is 6.71. The Hall–Kier alpha value is -2.48. The zero-order chi connectivity index (χ0) is 17.0. The first-order valence-corrected chi connectivity index (χ1v) is 7.59. The molecule has 1 aromatic carbocycles. The topological polar surface area (TPSA) is 71.5 Å². The number of esters is 1. The molecule has 0 unspecified atom stereocenters. The molecule has 0 aliphatic carbocycles. The van der Waals surface area contributed by atoms with Crippen molar-refractivity contribution in [2.24, 2.45) is 0 Å². The van der Waals surface area contributed by atoms with E-state index in [-0.39, 0.29) is 11.3 Å². The van der Waals surface area contributed by atoms with Crippen molar-refractivity contribution in [1.29, 1.82) is 0 Å². The van der Waals surface area contributed by atoms with Crippen LogP contribution < -0.4 is 5.32 Å².